The molecule has 264 valence electrons. The normalized spacial score (nSPS) is 14.7. The summed E-state index contributed by atoms with van der Waals surface area (Å²) in [7, 11) is 0. The Balaban J connectivity index is 1.45. The van der Waals surface area contributed by atoms with Gasteiger partial charge in [0.15, 0.2) is 0 Å². The summed E-state index contributed by atoms with van der Waals surface area (Å²) in [4.78, 5) is 79.4. The van der Waals surface area contributed by atoms with Gasteiger partial charge in [0.05, 0.1) is 13.2 Å². The van der Waals surface area contributed by atoms with Gasteiger partial charge >= 0.3 is 6.16 Å². The number of hydrogen-bond donors (Lipinski definition) is 3. The monoisotopic (exact) mass is 680 g/mol. The molecule has 1 aliphatic heterocycles. The van der Waals surface area contributed by atoms with E-state index >= 15 is 0 Å². The van der Waals surface area contributed by atoms with Gasteiger partial charge in [-0.25, -0.2) is 4.79 Å². The van der Waals surface area contributed by atoms with Gasteiger partial charge in [0.2, 0.25) is 11.8 Å². The third kappa shape index (κ3) is 10.3. The molecule has 1 heterocycles. The van der Waals surface area contributed by atoms with Crippen molar-refractivity contribution in [2.45, 2.75) is 64.7 Å². The number of carbonyl (C=O) groups excluding carboxylic acids is 6. The van der Waals surface area contributed by atoms with Crippen LogP contribution in [-0.4, -0.2) is 86.9 Å². The molecule has 14 nitrogen and oxygen atoms in total. The Bertz CT molecular complexity index is 1510. The first-order chi connectivity index (χ1) is 23.7. The molecule has 1 fully saturated rings. The van der Waals surface area contributed by atoms with Crippen LogP contribution in [0.3, 0.4) is 0 Å². The second-order valence-electron chi connectivity index (χ2n) is 11.6. The standard InChI is InChI=1S/C35H44N4O10/c1-3-17-46-19-15-36-29(40)9-6-10-30(41)38-23-11-12-25-27(21-23)28(22-48-35(45)49-39-31(42)13-14-32(39)43)24-7-5-8-26(33(24)25)34(44)37-16-20-47-18-4-2/h5,7-8,11-12,21,28H,3-4,6,9-10,13-20,22H2,1-2H3,(H,36,40)(H,37,44)(H,38,41). The van der Waals surface area contributed by atoms with Gasteiger partial charge in [-0.15, -0.1) is 0 Å². The zero-order chi connectivity index (χ0) is 35.2. The number of imide groups is 1. The molecule has 1 atom stereocenters. The minimum Gasteiger partial charge on any atom is -0.432 e. The first-order valence-corrected chi connectivity index (χ1v) is 16.7. The summed E-state index contributed by atoms with van der Waals surface area (Å²) in [6, 6.07) is 10.5. The van der Waals surface area contributed by atoms with Crippen molar-refractivity contribution in [2.24, 2.45) is 0 Å². The number of carbonyl (C=O) groups is 6. The summed E-state index contributed by atoms with van der Waals surface area (Å²) in [5.41, 5.74) is 3.66. The Kier molecular flexibility index (Phi) is 14.1. The van der Waals surface area contributed by atoms with Crippen LogP contribution in [0.2, 0.25) is 0 Å². The number of anilines is 1. The number of nitrogens with one attached hydrogen (secondary N) is 3. The molecule has 0 aromatic heterocycles. The molecule has 0 saturated carbocycles. The number of rotatable bonds is 19. The van der Waals surface area contributed by atoms with Crippen LogP contribution in [0, 0.1) is 0 Å². The van der Waals surface area contributed by atoms with Crippen LogP contribution >= 0.6 is 0 Å². The molecular weight excluding hydrogens is 636 g/mol. The molecule has 2 aliphatic rings. The second-order valence-corrected chi connectivity index (χ2v) is 11.6. The predicted molar refractivity (Wildman–Crippen MR) is 177 cm³/mol. The molecule has 1 unspecified atom stereocenters. The number of benzene rings is 2. The van der Waals surface area contributed by atoms with Crippen LogP contribution < -0.4 is 16.0 Å². The minimum absolute atomic E-state index is 0.0543. The third-order valence-electron chi connectivity index (χ3n) is 7.84. The molecule has 0 bridgehead atoms. The average Bonchev–Trinajstić information content (AvgIpc) is 3.57. The fourth-order valence-electron chi connectivity index (χ4n) is 5.57. The Labute approximate surface area is 285 Å². The van der Waals surface area contributed by atoms with E-state index in [1.165, 1.54) is 0 Å². The molecule has 5 amide bonds. The van der Waals surface area contributed by atoms with Gasteiger partial charge in [-0.1, -0.05) is 37.1 Å². The summed E-state index contributed by atoms with van der Waals surface area (Å²) in [6.07, 6.45) is 1.11. The van der Waals surface area contributed by atoms with Gasteiger partial charge in [-0.05, 0) is 59.7 Å². The van der Waals surface area contributed by atoms with Crippen LogP contribution in [0.25, 0.3) is 11.1 Å². The van der Waals surface area contributed by atoms with Crippen molar-refractivity contribution >= 4 is 41.4 Å². The summed E-state index contributed by atoms with van der Waals surface area (Å²) in [5.74, 6) is -2.57. The number of hydrogen-bond acceptors (Lipinski definition) is 10. The van der Waals surface area contributed by atoms with E-state index in [-0.39, 0.29) is 50.0 Å². The molecule has 0 radical (unpaired) electrons. The van der Waals surface area contributed by atoms with Crippen molar-refractivity contribution < 1.29 is 47.8 Å². The van der Waals surface area contributed by atoms with Gasteiger partial charge in [0.25, 0.3) is 17.7 Å². The zero-order valence-corrected chi connectivity index (χ0v) is 28.0. The summed E-state index contributed by atoms with van der Waals surface area (Å²) in [6.45, 7) is 6.55. The fourth-order valence-corrected chi connectivity index (χ4v) is 5.57. The predicted octanol–water partition coefficient (Wildman–Crippen LogP) is 3.82. The van der Waals surface area contributed by atoms with Gasteiger partial charge in [0, 0.05) is 69.2 Å². The minimum atomic E-state index is -1.22. The maximum Gasteiger partial charge on any atom is 0.533 e. The maximum atomic E-state index is 13.3. The molecule has 14 heteroatoms. The molecule has 4 rings (SSSR count). The number of fused-ring (bicyclic) bond motifs is 3. The van der Waals surface area contributed by atoms with Gasteiger partial charge in [-0.3, -0.25) is 28.8 Å². The van der Waals surface area contributed by atoms with E-state index in [4.69, 9.17) is 19.0 Å². The lowest BCUT2D eigenvalue weighted by atomic mass is 9.96. The fraction of sp³-hybridized carbons (Fsp3) is 0.486. The Morgan fingerprint density at radius 2 is 1.49 bits per heavy atom. The highest BCUT2D eigenvalue weighted by molar-refractivity contribution is 6.04. The summed E-state index contributed by atoms with van der Waals surface area (Å²) >= 11 is 0. The van der Waals surface area contributed by atoms with Crippen LogP contribution in [0.1, 0.15) is 86.2 Å². The number of hydroxylamine groups is 2. The van der Waals surface area contributed by atoms with Crippen LogP contribution in [-0.2, 0) is 38.2 Å². The Hall–Kier alpha value is -4.82. The van der Waals surface area contributed by atoms with Crippen molar-refractivity contribution in [3.8, 4) is 11.1 Å². The first kappa shape index (κ1) is 37.0. The molecule has 49 heavy (non-hydrogen) atoms. The smallest absolute Gasteiger partial charge is 0.432 e. The highest BCUT2D eigenvalue weighted by Gasteiger charge is 2.36. The molecule has 0 spiro atoms. The van der Waals surface area contributed by atoms with E-state index in [1.807, 2.05) is 19.9 Å². The molecule has 1 aliphatic carbocycles. The molecule has 1 saturated heterocycles. The molecule has 2 aromatic rings. The highest BCUT2D eigenvalue weighted by atomic mass is 16.8. The zero-order valence-electron chi connectivity index (χ0n) is 28.0. The number of ether oxygens (including phenoxy) is 3. The van der Waals surface area contributed by atoms with Crippen LogP contribution in [0.15, 0.2) is 36.4 Å². The lowest BCUT2D eigenvalue weighted by molar-refractivity contribution is -0.177. The van der Waals surface area contributed by atoms with Gasteiger partial charge in [-0.2, -0.15) is 0 Å². The lowest BCUT2D eigenvalue weighted by Gasteiger charge is -2.17. The van der Waals surface area contributed by atoms with Crippen molar-refractivity contribution in [3.05, 3.63) is 53.1 Å². The van der Waals surface area contributed by atoms with Crippen molar-refractivity contribution in [3.63, 3.8) is 0 Å². The quantitative estimate of drug-likeness (QED) is 0.112. The SMILES string of the molecule is CCCOCCNC(=O)CCCC(=O)Nc1ccc2c(c1)C(COC(=O)ON1C(=O)CCC1=O)c1cccc(C(=O)NCCOCCC)c1-2. The van der Waals surface area contributed by atoms with Crippen molar-refractivity contribution in [1.82, 2.24) is 15.7 Å². The van der Waals surface area contributed by atoms with Crippen LogP contribution in [0.5, 0.6) is 0 Å². The maximum absolute atomic E-state index is 13.3. The average molecular weight is 681 g/mol. The number of nitrogens with zero attached hydrogens (tertiary/aromatic N) is 1. The van der Waals surface area contributed by atoms with Crippen molar-refractivity contribution in [2.75, 3.05) is 51.4 Å². The second kappa shape index (κ2) is 18.7. The van der Waals surface area contributed by atoms with E-state index in [2.05, 4.69) is 16.0 Å². The Morgan fingerprint density at radius 1 is 0.816 bits per heavy atom. The summed E-state index contributed by atoms with van der Waals surface area (Å²) < 4.78 is 16.2. The lowest BCUT2D eigenvalue weighted by Crippen LogP contribution is -2.32. The molecule has 2 aromatic carbocycles. The molecular formula is C35H44N4O10. The third-order valence-corrected chi connectivity index (χ3v) is 7.84. The van der Waals surface area contributed by atoms with E-state index in [9.17, 15) is 28.8 Å². The first-order valence-electron chi connectivity index (χ1n) is 16.7. The highest BCUT2D eigenvalue weighted by Crippen LogP contribution is 2.47. The molecule has 3 N–H and O–H groups in total. The number of amides is 5. The van der Waals surface area contributed by atoms with E-state index < -0.39 is 23.9 Å². The van der Waals surface area contributed by atoms with E-state index in [0.717, 1.165) is 12.8 Å². The van der Waals surface area contributed by atoms with Crippen LogP contribution in [0.4, 0.5) is 10.5 Å². The van der Waals surface area contributed by atoms with E-state index in [0.29, 0.717) is 84.5 Å². The van der Waals surface area contributed by atoms with Crippen molar-refractivity contribution in [1.29, 1.82) is 0 Å². The van der Waals surface area contributed by atoms with Gasteiger partial charge in [0.1, 0.15) is 6.61 Å². The summed E-state index contributed by atoms with van der Waals surface area (Å²) in [5, 5.41) is 8.93. The Morgan fingerprint density at radius 3 is 2.18 bits per heavy atom. The topological polar surface area (TPSA) is 179 Å². The van der Waals surface area contributed by atoms with E-state index in [1.54, 1.807) is 30.3 Å². The van der Waals surface area contributed by atoms with Gasteiger partial charge < -0.3 is 30.2 Å². The largest absolute Gasteiger partial charge is 0.533 e.